The Morgan fingerprint density at radius 2 is 2.26 bits per heavy atom. The molecule has 19 heavy (non-hydrogen) atoms. The minimum atomic E-state index is -3.72. The van der Waals surface area contributed by atoms with Crippen molar-refractivity contribution in [1.82, 2.24) is 15.2 Å². The number of hydrogen-bond donors (Lipinski definition) is 3. The molecular weight excluding hydrogens is 286 g/mol. The fraction of sp³-hybridized carbons (Fsp3) is 0.400. The van der Waals surface area contributed by atoms with Crippen molar-refractivity contribution in [3.63, 3.8) is 0 Å². The van der Waals surface area contributed by atoms with Gasteiger partial charge < -0.3 is 5.73 Å². The van der Waals surface area contributed by atoms with Crippen molar-refractivity contribution in [2.45, 2.75) is 31.8 Å². The highest BCUT2D eigenvalue weighted by atomic mass is 32.2. The fourth-order valence-electron chi connectivity index (χ4n) is 1.64. The predicted octanol–water partition coefficient (Wildman–Crippen LogP) is 0.997. The van der Waals surface area contributed by atoms with E-state index in [0.717, 1.165) is 17.0 Å². The lowest BCUT2D eigenvalue weighted by Gasteiger charge is -2.04. The summed E-state index contributed by atoms with van der Waals surface area (Å²) in [5.41, 5.74) is 6.81. The van der Waals surface area contributed by atoms with Crippen LogP contribution in [0, 0.1) is 6.92 Å². The van der Waals surface area contributed by atoms with Crippen LogP contribution in [-0.4, -0.2) is 23.6 Å². The Morgan fingerprint density at radius 3 is 2.84 bits per heavy atom. The maximum atomic E-state index is 12.2. The van der Waals surface area contributed by atoms with E-state index in [1.165, 1.54) is 17.5 Å². The predicted molar refractivity (Wildman–Crippen MR) is 73.5 cm³/mol. The summed E-state index contributed by atoms with van der Waals surface area (Å²) in [7, 11) is -3.72. The number of anilines is 1. The van der Waals surface area contributed by atoms with E-state index < -0.39 is 10.0 Å². The van der Waals surface area contributed by atoms with Gasteiger partial charge in [0, 0.05) is 17.0 Å². The number of hydrogen-bond acceptors (Lipinski definition) is 6. The first kappa shape index (κ1) is 14.0. The minimum Gasteiger partial charge on any atom is -0.326 e. The van der Waals surface area contributed by atoms with Crippen molar-refractivity contribution in [1.29, 1.82) is 0 Å². The Bertz CT molecular complexity index is 674. The number of rotatable bonds is 5. The molecule has 0 aromatic carbocycles. The zero-order chi connectivity index (χ0) is 14.0. The maximum Gasteiger partial charge on any atom is 0.280 e. The van der Waals surface area contributed by atoms with Gasteiger partial charge in [0.25, 0.3) is 10.0 Å². The summed E-state index contributed by atoms with van der Waals surface area (Å²) in [6.45, 7) is 3.99. The summed E-state index contributed by atoms with van der Waals surface area (Å²) >= 11 is 1.31. The van der Waals surface area contributed by atoms with Crippen molar-refractivity contribution in [3.05, 3.63) is 22.3 Å². The molecule has 9 heteroatoms. The topological polar surface area (TPSA) is 114 Å². The number of nitrogens with two attached hydrogens (primary N) is 1. The standard InChI is InChI=1S/C10H15N5O2S2/c1-3-8-6(2)18-10(13-8)15-19(16,17)9-7(4-11)5-12-14-9/h5H,3-4,11H2,1-2H3,(H,12,14)(H,13,15). The van der Waals surface area contributed by atoms with Gasteiger partial charge in [-0.3, -0.25) is 9.82 Å². The van der Waals surface area contributed by atoms with Crippen LogP contribution in [0.3, 0.4) is 0 Å². The number of nitrogens with one attached hydrogen (secondary N) is 2. The number of sulfonamides is 1. The van der Waals surface area contributed by atoms with E-state index in [-0.39, 0.29) is 11.6 Å². The molecule has 0 atom stereocenters. The van der Waals surface area contributed by atoms with Crippen molar-refractivity contribution >= 4 is 26.5 Å². The summed E-state index contributed by atoms with van der Waals surface area (Å²) in [4.78, 5) is 5.25. The highest BCUT2D eigenvalue weighted by molar-refractivity contribution is 7.92. The highest BCUT2D eigenvalue weighted by Gasteiger charge is 2.22. The van der Waals surface area contributed by atoms with Crippen LogP contribution in [0.2, 0.25) is 0 Å². The molecule has 0 bridgehead atoms. The lowest BCUT2D eigenvalue weighted by molar-refractivity contribution is 0.595. The molecule has 0 aliphatic carbocycles. The van der Waals surface area contributed by atoms with E-state index in [4.69, 9.17) is 5.73 Å². The molecule has 0 saturated heterocycles. The number of aromatic nitrogens is 3. The zero-order valence-electron chi connectivity index (χ0n) is 10.6. The quantitative estimate of drug-likeness (QED) is 0.762. The number of aromatic amines is 1. The monoisotopic (exact) mass is 301 g/mol. The average molecular weight is 301 g/mol. The maximum absolute atomic E-state index is 12.2. The van der Waals surface area contributed by atoms with Crippen LogP contribution in [-0.2, 0) is 23.0 Å². The third-order valence-electron chi connectivity index (χ3n) is 2.62. The van der Waals surface area contributed by atoms with Gasteiger partial charge in [-0.2, -0.15) is 13.5 Å². The molecule has 0 spiro atoms. The van der Waals surface area contributed by atoms with Gasteiger partial charge >= 0.3 is 0 Å². The van der Waals surface area contributed by atoms with Crippen LogP contribution in [0.5, 0.6) is 0 Å². The van der Waals surface area contributed by atoms with Gasteiger partial charge in [-0.25, -0.2) is 4.98 Å². The second-order valence-electron chi connectivity index (χ2n) is 3.91. The molecule has 2 aromatic rings. The summed E-state index contributed by atoms with van der Waals surface area (Å²) in [6.07, 6.45) is 2.17. The van der Waals surface area contributed by atoms with Crippen molar-refractivity contribution in [3.8, 4) is 0 Å². The normalized spacial score (nSPS) is 11.7. The van der Waals surface area contributed by atoms with E-state index in [2.05, 4.69) is 19.9 Å². The van der Waals surface area contributed by atoms with E-state index >= 15 is 0 Å². The van der Waals surface area contributed by atoms with Crippen LogP contribution in [0.25, 0.3) is 0 Å². The third kappa shape index (κ3) is 2.77. The Balaban J connectivity index is 2.31. The largest absolute Gasteiger partial charge is 0.326 e. The zero-order valence-corrected chi connectivity index (χ0v) is 12.2. The number of aryl methyl sites for hydroxylation is 2. The van der Waals surface area contributed by atoms with E-state index in [9.17, 15) is 8.42 Å². The van der Waals surface area contributed by atoms with Crippen molar-refractivity contribution in [2.24, 2.45) is 5.73 Å². The van der Waals surface area contributed by atoms with Crippen LogP contribution < -0.4 is 10.5 Å². The first-order valence-electron chi connectivity index (χ1n) is 5.69. The van der Waals surface area contributed by atoms with Gasteiger partial charge in [0.05, 0.1) is 11.9 Å². The van der Waals surface area contributed by atoms with Crippen LogP contribution in [0.1, 0.15) is 23.1 Å². The van der Waals surface area contributed by atoms with Crippen molar-refractivity contribution in [2.75, 3.05) is 4.72 Å². The summed E-state index contributed by atoms with van der Waals surface area (Å²) in [6, 6.07) is 0. The molecule has 104 valence electrons. The molecule has 0 fully saturated rings. The van der Waals surface area contributed by atoms with Gasteiger partial charge in [0.15, 0.2) is 10.2 Å². The molecule has 0 radical (unpaired) electrons. The number of nitrogens with zero attached hydrogens (tertiary/aromatic N) is 2. The van der Waals surface area contributed by atoms with Crippen molar-refractivity contribution < 1.29 is 8.42 Å². The molecule has 0 amide bonds. The molecule has 4 N–H and O–H groups in total. The van der Waals surface area contributed by atoms with Gasteiger partial charge in [-0.15, -0.1) is 11.3 Å². The Kier molecular flexibility index (Phi) is 3.88. The van der Waals surface area contributed by atoms with E-state index in [1.54, 1.807) is 0 Å². The lowest BCUT2D eigenvalue weighted by atomic mass is 10.3. The van der Waals surface area contributed by atoms with Crippen LogP contribution in [0.15, 0.2) is 11.2 Å². The lowest BCUT2D eigenvalue weighted by Crippen LogP contribution is -2.16. The fourth-order valence-corrected chi connectivity index (χ4v) is 3.92. The molecule has 2 rings (SSSR count). The smallest absolute Gasteiger partial charge is 0.280 e. The molecular formula is C10H15N5O2S2. The van der Waals surface area contributed by atoms with Gasteiger partial charge in [-0.1, -0.05) is 6.92 Å². The first-order valence-corrected chi connectivity index (χ1v) is 7.99. The summed E-state index contributed by atoms with van der Waals surface area (Å²) in [5, 5.41) is 6.49. The molecule has 0 unspecified atom stereocenters. The average Bonchev–Trinajstić information content (AvgIpc) is 2.95. The van der Waals surface area contributed by atoms with Gasteiger partial charge in [0.1, 0.15) is 0 Å². The molecule has 0 aliphatic heterocycles. The third-order valence-corrected chi connectivity index (χ3v) is 5.03. The van der Waals surface area contributed by atoms with Crippen LogP contribution >= 0.6 is 11.3 Å². The molecule has 7 nitrogen and oxygen atoms in total. The first-order chi connectivity index (χ1) is 8.97. The number of thiazole rings is 1. The Morgan fingerprint density at radius 1 is 1.53 bits per heavy atom. The second-order valence-corrected chi connectivity index (χ2v) is 6.73. The van der Waals surface area contributed by atoms with Gasteiger partial charge in [-0.05, 0) is 13.3 Å². The molecule has 2 heterocycles. The highest BCUT2D eigenvalue weighted by Crippen LogP contribution is 2.25. The summed E-state index contributed by atoms with van der Waals surface area (Å²) in [5.74, 6) is 0. The van der Waals surface area contributed by atoms with Crippen LogP contribution in [0.4, 0.5) is 5.13 Å². The summed E-state index contributed by atoms with van der Waals surface area (Å²) < 4.78 is 26.8. The Hall–Kier alpha value is -1.45. The minimum absolute atomic E-state index is 0.0131. The molecule has 0 aliphatic rings. The Labute approximate surface area is 115 Å². The van der Waals surface area contributed by atoms with E-state index in [1.807, 2.05) is 13.8 Å². The second kappa shape index (κ2) is 5.27. The van der Waals surface area contributed by atoms with E-state index in [0.29, 0.717) is 10.7 Å². The van der Waals surface area contributed by atoms with Gasteiger partial charge in [0.2, 0.25) is 0 Å². The number of H-pyrrole nitrogens is 1. The molecule has 0 saturated carbocycles. The molecule has 2 aromatic heterocycles. The SMILES string of the molecule is CCc1nc(NS(=O)(=O)c2[nH]ncc2CN)sc1C.